The zero-order valence-electron chi connectivity index (χ0n) is 14.1. The lowest BCUT2D eigenvalue weighted by Gasteiger charge is -2.29. The van der Waals surface area contributed by atoms with Crippen molar-refractivity contribution in [3.05, 3.63) is 23.3 Å². The normalized spacial score (nSPS) is 13.2. The number of nitrogens with zero attached hydrogens (tertiary/aromatic N) is 1. The fourth-order valence-electron chi connectivity index (χ4n) is 2.66. The number of hydrogen-bond acceptors (Lipinski definition) is 4. The summed E-state index contributed by atoms with van der Waals surface area (Å²) in [4.78, 5) is 24.3. The number of carboxylic acid groups (broad SMARTS) is 1. The predicted octanol–water partition coefficient (Wildman–Crippen LogP) is 2.03. The zero-order valence-corrected chi connectivity index (χ0v) is 14.1. The van der Waals surface area contributed by atoms with E-state index in [0.29, 0.717) is 32.1 Å². The number of fused-ring (bicyclic) bond motifs is 1. The first-order valence-electron chi connectivity index (χ1n) is 8.21. The maximum atomic E-state index is 12.1. The fraction of sp³-hybridized carbons (Fsp3) is 0.529. The van der Waals surface area contributed by atoms with Gasteiger partial charge in [0.15, 0.2) is 11.5 Å². The van der Waals surface area contributed by atoms with Gasteiger partial charge >= 0.3 is 12.0 Å². The van der Waals surface area contributed by atoms with Crippen molar-refractivity contribution in [3.63, 3.8) is 0 Å². The molecule has 24 heavy (non-hydrogen) atoms. The molecule has 1 aromatic carbocycles. The lowest BCUT2D eigenvalue weighted by Crippen LogP contribution is -2.43. The molecule has 2 N–H and O–H groups in total. The van der Waals surface area contributed by atoms with E-state index in [1.807, 2.05) is 26.0 Å². The third-order valence-electron chi connectivity index (χ3n) is 3.78. The highest BCUT2D eigenvalue weighted by Gasteiger charge is 2.23. The average Bonchev–Trinajstić information content (AvgIpc) is 2.55. The SMILES string of the molecule is CCOc1cc2c(cc1OCC)CN(C(=O)NCCC(=O)O)CC2. The quantitative estimate of drug-likeness (QED) is 0.795. The Hall–Kier alpha value is -2.44. The maximum absolute atomic E-state index is 12.1. The highest BCUT2D eigenvalue weighted by atomic mass is 16.5. The summed E-state index contributed by atoms with van der Waals surface area (Å²) in [7, 11) is 0. The van der Waals surface area contributed by atoms with Crippen molar-refractivity contribution in [2.75, 3.05) is 26.3 Å². The number of rotatable bonds is 7. The number of aliphatic carboxylic acids is 1. The van der Waals surface area contributed by atoms with Gasteiger partial charge in [-0.15, -0.1) is 0 Å². The largest absolute Gasteiger partial charge is 0.490 e. The molecule has 0 saturated carbocycles. The molecule has 0 radical (unpaired) electrons. The van der Waals surface area contributed by atoms with Gasteiger partial charge in [-0.1, -0.05) is 0 Å². The van der Waals surface area contributed by atoms with Crippen molar-refractivity contribution >= 4 is 12.0 Å². The van der Waals surface area contributed by atoms with Crippen LogP contribution in [-0.2, 0) is 17.8 Å². The van der Waals surface area contributed by atoms with Crippen LogP contribution in [0.4, 0.5) is 4.79 Å². The molecule has 0 bridgehead atoms. The van der Waals surface area contributed by atoms with Gasteiger partial charge < -0.3 is 24.8 Å². The van der Waals surface area contributed by atoms with Crippen molar-refractivity contribution in [2.45, 2.75) is 33.2 Å². The minimum atomic E-state index is -0.927. The Morgan fingerprint density at radius 1 is 1.17 bits per heavy atom. The lowest BCUT2D eigenvalue weighted by molar-refractivity contribution is -0.136. The lowest BCUT2D eigenvalue weighted by atomic mass is 9.99. The van der Waals surface area contributed by atoms with Gasteiger partial charge in [0.05, 0.1) is 19.6 Å². The second-order valence-corrected chi connectivity index (χ2v) is 5.48. The van der Waals surface area contributed by atoms with Crippen LogP contribution in [0.15, 0.2) is 12.1 Å². The molecule has 0 atom stereocenters. The first-order valence-corrected chi connectivity index (χ1v) is 8.21. The van der Waals surface area contributed by atoms with E-state index in [1.54, 1.807) is 4.90 Å². The third-order valence-corrected chi connectivity index (χ3v) is 3.78. The van der Waals surface area contributed by atoms with Gasteiger partial charge in [-0.25, -0.2) is 4.79 Å². The van der Waals surface area contributed by atoms with E-state index in [1.165, 1.54) is 0 Å². The smallest absolute Gasteiger partial charge is 0.317 e. The van der Waals surface area contributed by atoms with Crippen molar-refractivity contribution < 1.29 is 24.2 Å². The van der Waals surface area contributed by atoms with Gasteiger partial charge in [0.2, 0.25) is 0 Å². The van der Waals surface area contributed by atoms with E-state index in [0.717, 1.165) is 23.3 Å². The van der Waals surface area contributed by atoms with Crippen LogP contribution in [0.5, 0.6) is 11.5 Å². The second kappa shape index (κ2) is 8.42. The van der Waals surface area contributed by atoms with Crippen LogP contribution < -0.4 is 14.8 Å². The molecule has 0 fully saturated rings. The molecule has 0 saturated heterocycles. The van der Waals surface area contributed by atoms with E-state index in [9.17, 15) is 9.59 Å². The van der Waals surface area contributed by atoms with Crippen LogP contribution in [0.2, 0.25) is 0 Å². The Labute approximate surface area is 141 Å². The first-order chi connectivity index (χ1) is 11.5. The number of ether oxygens (including phenoxy) is 2. The number of carbonyl (C=O) groups is 2. The van der Waals surface area contributed by atoms with Crippen LogP contribution in [0.1, 0.15) is 31.4 Å². The number of carbonyl (C=O) groups excluding carboxylic acids is 1. The van der Waals surface area contributed by atoms with Crippen LogP contribution in [0.25, 0.3) is 0 Å². The Morgan fingerprint density at radius 2 is 1.79 bits per heavy atom. The van der Waals surface area contributed by atoms with E-state index in [2.05, 4.69) is 5.32 Å². The van der Waals surface area contributed by atoms with E-state index in [-0.39, 0.29) is 19.0 Å². The van der Waals surface area contributed by atoms with Gasteiger partial charge in [0, 0.05) is 19.6 Å². The van der Waals surface area contributed by atoms with E-state index < -0.39 is 5.97 Å². The fourth-order valence-corrected chi connectivity index (χ4v) is 2.66. The molecule has 1 aliphatic rings. The molecule has 2 amide bonds. The van der Waals surface area contributed by atoms with Gasteiger partial charge in [0.1, 0.15) is 0 Å². The Bertz CT molecular complexity index is 603. The minimum absolute atomic E-state index is 0.0810. The van der Waals surface area contributed by atoms with Crippen LogP contribution in [0.3, 0.4) is 0 Å². The topological polar surface area (TPSA) is 88.1 Å². The summed E-state index contributed by atoms with van der Waals surface area (Å²) in [6.07, 6.45) is 0.649. The number of amides is 2. The molecule has 0 spiro atoms. The van der Waals surface area contributed by atoms with Gasteiger partial charge in [-0.3, -0.25) is 4.79 Å². The molecule has 1 heterocycles. The first kappa shape index (κ1) is 17.9. The molecule has 132 valence electrons. The standard InChI is InChI=1S/C17H24N2O5/c1-3-23-14-9-12-6-8-19(17(22)18-7-5-16(20)21)11-13(12)10-15(14)24-4-2/h9-10H,3-8,11H2,1-2H3,(H,18,22)(H,20,21). The number of carboxylic acids is 1. The van der Waals surface area contributed by atoms with E-state index in [4.69, 9.17) is 14.6 Å². The minimum Gasteiger partial charge on any atom is -0.490 e. The zero-order chi connectivity index (χ0) is 17.5. The highest BCUT2D eigenvalue weighted by Crippen LogP contribution is 2.33. The number of hydrogen-bond donors (Lipinski definition) is 2. The summed E-state index contributed by atoms with van der Waals surface area (Å²) in [6.45, 7) is 6.14. The Kier molecular flexibility index (Phi) is 6.28. The van der Waals surface area contributed by atoms with Gasteiger partial charge in [0.25, 0.3) is 0 Å². The van der Waals surface area contributed by atoms with Crippen molar-refractivity contribution in [3.8, 4) is 11.5 Å². The molecule has 1 aromatic rings. The third kappa shape index (κ3) is 4.53. The number of urea groups is 1. The summed E-state index contributed by atoms with van der Waals surface area (Å²) >= 11 is 0. The molecule has 1 aliphatic heterocycles. The molecule has 0 aliphatic carbocycles. The molecule has 7 nitrogen and oxygen atoms in total. The summed E-state index contributed by atoms with van der Waals surface area (Å²) in [5.41, 5.74) is 2.18. The maximum Gasteiger partial charge on any atom is 0.317 e. The van der Waals surface area contributed by atoms with Crippen LogP contribution >= 0.6 is 0 Å². The highest BCUT2D eigenvalue weighted by molar-refractivity contribution is 5.75. The molecule has 0 aromatic heterocycles. The Balaban J connectivity index is 2.07. The molecule has 2 rings (SSSR count). The summed E-state index contributed by atoms with van der Waals surface area (Å²) < 4.78 is 11.3. The van der Waals surface area contributed by atoms with Crippen LogP contribution in [0, 0.1) is 0 Å². The molecular weight excluding hydrogens is 312 g/mol. The predicted molar refractivity (Wildman–Crippen MR) is 88.5 cm³/mol. The number of benzene rings is 1. The number of nitrogens with one attached hydrogen (secondary N) is 1. The average molecular weight is 336 g/mol. The van der Waals surface area contributed by atoms with Crippen molar-refractivity contribution in [1.29, 1.82) is 0 Å². The van der Waals surface area contributed by atoms with E-state index >= 15 is 0 Å². The monoisotopic (exact) mass is 336 g/mol. The van der Waals surface area contributed by atoms with Crippen molar-refractivity contribution in [1.82, 2.24) is 10.2 Å². The Morgan fingerprint density at radius 3 is 2.38 bits per heavy atom. The van der Waals surface area contributed by atoms with Gasteiger partial charge in [-0.05, 0) is 43.5 Å². The second-order valence-electron chi connectivity index (χ2n) is 5.48. The van der Waals surface area contributed by atoms with Crippen molar-refractivity contribution in [2.24, 2.45) is 0 Å². The summed E-state index contributed by atoms with van der Waals surface area (Å²) in [5.74, 6) is 0.493. The summed E-state index contributed by atoms with van der Waals surface area (Å²) in [5, 5.41) is 11.3. The molecule has 0 unspecified atom stereocenters. The summed E-state index contributed by atoms with van der Waals surface area (Å²) in [6, 6.07) is 3.68. The van der Waals surface area contributed by atoms with Crippen LogP contribution in [-0.4, -0.2) is 48.3 Å². The van der Waals surface area contributed by atoms with Gasteiger partial charge in [-0.2, -0.15) is 0 Å². The molecular formula is C17H24N2O5. The molecule has 7 heteroatoms.